The van der Waals surface area contributed by atoms with Gasteiger partial charge in [-0.2, -0.15) is 0 Å². The van der Waals surface area contributed by atoms with Gasteiger partial charge < -0.3 is 4.90 Å². The highest BCUT2D eigenvalue weighted by atomic mass is 35.5. The van der Waals surface area contributed by atoms with Crippen LogP contribution in [-0.4, -0.2) is 28.2 Å². The molecule has 1 saturated heterocycles. The predicted octanol–water partition coefficient (Wildman–Crippen LogP) is 3.78. The van der Waals surface area contributed by atoms with Gasteiger partial charge in [-0.3, -0.25) is 0 Å². The summed E-state index contributed by atoms with van der Waals surface area (Å²) in [6.07, 6.45) is -1.58. The Kier molecular flexibility index (Phi) is 3.90. The SMILES string of the molecule is CC1(C)CC(F)CCN1c1cnc(C(F)F)c(Cl)n1. The molecule has 1 fully saturated rings. The molecule has 2 rings (SSSR count). The van der Waals surface area contributed by atoms with E-state index < -0.39 is 23.8 Å². The highest BCUT2D eigenvalue weighted by Crippen LogP contribution is 2.34. The second-order valence-corrected chi connectivity index (χ2v) is 5.62. The van der Waals surface area contributed by atoms with E-state index in [2.05, 4.69) is 9.97 Å². The van der Waals surface area contributed by atoms with Crippen LogP contribution in [0.5, 0.6) is 0 Å². The third-order valence-electron chi connectivity index (χ3n) is 3.34. The van der Waals surface area contributed by atoms with Crippen molar-refractivity contribution >= 4 is 17.4 Å². The number of aromatic nitrogens is 2. The van der Waals surface area contributed by atoms with Crippen molar-refractivity contribution in [3.05, 3.63) is 17.0 Å². The first-order valence-electron chi connectivity index (χ1n) is 6.03. The number of piperidine rings is 1. The molecule has 0 aromatic carbocycles. The number of alkyl halides is 3. The third kappa shape index (κ3) is 2.94. The second kappa shape index (κ2) is 5.15. The third-order valence-corrected chi connectivity index (χ3v) is 3.62. The minimum Gasteiger partial charge on any atom is -0.350 e. The van der Waals surface area contributed by atoms with Crippen LogP contribution in [0.3, 0.4) is 0 Å². The molecule has 1 aromatic rings. The molecule has 106 valence electrons. The molecule has 0 radical (unpaired) electrons. The maximum Gasteiger partial charge on any atom is 0.283 e. The lowest BCUT2D eigenvalue weighted by atomic mass is 9.89. The van der Waals surface area contributed by atoms with Gasteiger partial charge >= 0.3 is 0 Å². The van der Waals surface area contributed by atoms with E-state index in [0.29, 0.717) is 25.2 Å². The van der Waals surface area contributed by atoms with Gasteiger partial charge in [0, 0.05) is 18.5 Å². The Morgan fingerprint density at radius 3 is 2.68 bits per heavy atom. The lowest BCUT2D eigenvalue weighted by molar-refractivity contribution is 0.145. The van der Waals surface area contributed by atoms with Gasteiger partial charge in [0.15, 0.2) is 5.15 Å². The van der Waals surface area contributed by atoms with Crippen LogP contribution in [0.2, 0.25) is 5.15 Å². The Morgan fingerprint density at radius 2 is 2.16 bits per heavy atom. The van der Waals surface area contributed by atoms with Crippen LogP contribution in [0.25, 0.3) is 0 Å². The van der Waals surface area contributed by atoms with Crippen LogP contribution < -0.4 is 4.90 Å². The maximum atomic E-state index is 13.4. The van der Waals surface area contributed by atoms with Crippen molar-refractivity contribution in [3.63, 3.8) is 0 Å². The molecular formula is C12H15ClF3N3. The molecule has 0 amide bonds. The van der Waals surface area contributed by atoms with Gasteiger partial charge in [0.1, 0.15) is 17.7 Å². The number of hydrogen-bond donors (Lipinski definition) is 0. The van der Waals surface area contributed by atoms with E-state index in [1.165, 1.54) is 6.20 Å². The summed E-state index contributed by atoms with van der Waals surface area (Å²) in [5.74, 6) is 0.409. The first-order valence-corrected chi connectivity index (χ1v) is 6.41. The van der Waals surface area contributed by atoms with E-state index in [9.17, 15) is 13.2 Å². The van der Waals surface area contributed by atoms with Crippen LogP contribution in [0.1, 0.15) is 38.8 Å². The highest BCUT2D eigenvalue weighted by molar-refractivity contribution is 6.30. The molecule has 0 bridgehead atoms. The molecule has 7 heteroatoms. The fourth-order valence-electron chi connectivity index (χ4n) is 2.39. The lowest BCUT2D eigenvalue weighted by Crippen LogP contribution is -2.51. The van der Waals surface area contributed by atoms with Crippen LogP contribution >= 0.6 is 11.6 Å². The molecule has 3 nitrogen and oxygen atoms in total. The zero-order valence-electron chi connectivity index (χ0n) is 10.7. The minimum atomic E-state index is -2.75. The first-order chi connectivity index (χ1) is 8.81. The van der Waals surface area contributed by atoms with E-state index in [1.807, 2.05) is 18.7 Å². The second-order valence-electron chi connectivity index (χ2n) is 5.26. The molecule has 0 spiro atoms. The quantitative estimate of drug-likeness (QED) is 0.831. The van der Waals surface area contributed by atoms with E-state index in [-0.39, 0.29) is 5.15 Å². The smallest absolute Gasteiger partial charge is 0.283 e. The molecular weight excluding hydrogens is 279 g/mol. The van der Waals surface area contributed by atoms with Crippen LogP contribution in [0, 0.1) is 0 Å². The van der Waals surface area contributed by atoms with Gasteiger partial charge in [0.2, 0.25) is 0 Å². The van der Waals surface area contributed by atoms with E-state index in [4.69, 9.17) is 11.6 Å². The molecule has 1 aromatic heterocycles. The Morgan fingerprint density at radius 1 is 1.47 bits per heavy atom. The lowest BCUT2D eigenvalue weighted by Gasteiger charge is -2.44. The molecule has 2 heterocycles. The molecule has 19 heavy (non-hydrogen) atoms. The topological polar surface area (TPSA) is 29.0 Å². The van der Waals surface area contributed by atoms with Gasteiger partial charge in [-0.05, 0) is 20.3 Å². The molecule has 1 unspecified atom stereocenters. The van der Waals surface area contributed by atoms with Crippen molar-refractivity contribution in [2.45, 2.75) is 44.8 Å². The summed E-state index contributed by atoms with van der Waals surface area (Å²) in [6.45, 7) is 4.23. The Bertz CT molecular complexity index is 468. The number of rotatable bonds is 2. The molecule has 0 N–H and O–H groups in total. The van der Waals surface area contributed by atoms with Crippen molar-refractivity contribution in [2.75, 3.05) is 11.4 Å². The van der Waals surface area contributed by atoms with Crippen molar-refractivity contribution in [3.8, 4) is 0 Å². The number of nitrogens with zero attached hydrogens (tertiary/aromatic N) is 3. The van der Waals surface area contributed by atoms with Crippen molar-refractivity contribution in [1.82, 2.24) is 9.97 Å². The van der Waals surface area contributed by atoms with Crippen molar-refractivity contribution in [2.24, 2.45) is 0 Å². The molecule has 1 atom stereocenters. The van der Waals surface area contributed by atoms with Gasteiger partial charge in [0.05, 0.1) is 6.20 Å². The Labute approximate surface area is 114 Å². The van der Waals surface area contributed by atoms with Gasteiger partial charge in [-0.15, -0.1) is 0 Å². The summed E-state index contributed by atoms with van der Waals surface area (Å²) in [5, 5.41) is -0.300. The average molecular weight is 294 g/mol. The number of halogens is 4. The minimum absolute atomic E-state index is 0.300. The predicted molar refractivity (Wildman–Crippen MR) is 67.6 cm³/mol. The monoisotopic (exact) mass is 293 g/mol. The summed E-state index contributed by atoms with van der Waals surface area (Å²) in [4.78, 5) is 9.48. The maximum absolute atomic E-state index is 13.4. The van der Waals surface area contributed by atoms with Crippen molar-refractivity contribution < 1.29 is 13.2 Å². The van der Waals surface area contributed by atoms with Crippen LogP contribution in [0.4, 0.5) is 19.0 Å². The largest absolute Gasteiger partial charge is 0.350 e. The number of hydrogen-bond acceptors (Lipinski definition) is 3. The van der Waals surface area contributed by atoms with Gasteiger partial charge in [-0.1, -0.05) is 11.6 Å². The number of anilines is 1. The highest BCUT2D eigenvalue weighted by Gasteiger charge is 2.36. The average Bonchev–Trinajstić information content (AvgIpc) is 2.26. The summed E-state index contributed by atoms with van der Waals surface area (Å²) in [5.41, 5.74) is -0.967. The first kappa shape index (κ1) is 14.4. The molecule has 0 aliphatic carbocycles. The van der Waals surface area contributed by atoms with Gasteiger partial charge in [0.25, 0.3) is 6.43 Å². The van der Waals surface area contributed by atoms with E-state index in [1.54, 1.807) is 0 Å². The van der Waals surface area contributed by atoms with E-state index >= 15 is 0 Å². The Hall–Kier alpha value is -1.04. The van der Waals surface area contributed by atoms with Crippen LogP contribution in [0.15, 0.2) is 6.20 Å². The van der Waals surface area contributed by atoms with Crippen LogP contribution in [-0.2, 0) is 0 Å². The standard InChI is InChI=1S/C12H15ClF3N3/c1-12(2)5-7(14)3-4-19(12)8-6-17-9(11(15)16)10(13)18-8/h6-7,11H,3-5H2,1-2H3. The zero-order valence-corrected chi connectivity index (χ0v) is 11.5. The molecule has 1 aliphatic rings. The van der Waals surface area contributed by atoms with Gasteiger partial charge in [-0.25, -0.2) is 23.1 Å². The van der Waals surface area contributed by atoms with Crippen molar-refractivity contribution in [1.29, 1.82) is 0 Å². The normalized spacial score (nSPS) is 22.9. The summed E-state index contributed by atoms with van der Waals surface area (Å²) < 4.78 is 38.5. The molecule has 0 saturated carbocycles. The molecule has 1 aliphatic heterocycles. The summed E-state index contributed by atoms with van der Waals surface area (Å²) in [7, 11) is 0. The Balaban J connectivity index is 2.29. The van der Waals surface area contributed by atoms with E-state index in [0.717, 1.165) is 0 Å². The summed E-state index contributed by atoms with van der Waals surface area (Å²) in [6, 6.07) is 0. The summed E-state index contributed by atoms with van der Waals surface area (Å²) >= 11 is 5.71. The zero-order chi connectivity index (χ0) is 14.2. The fourth-order valence-corrected chi connectivity index (χ4v) is 2.61. The fraction of sp³-hybridized carbons (Fsp3) is 0.667.